The predicted molar refractivity (Wildman–Crippen MR) is 88.2 cm³/mol. The first kappa shape index (κ1) is 18.0. The predicted octanol–water partition coefficient (Wildman–Crippen LogP) is 4.92. The van der Waals surface area contributed by atoms with E-state index in [1.165, 1.54) is 51.4 Å². The molecule has 20 heavy (non-hydrogen) atoms. The molecule has 0 heterocycles. The second-order valence-corrected chi connectivity index (χ2v) is 7.27. The molecule has 1 aliphatic rings. The van der Waals surface area contributed by atoms with Gasteiger partial charge in [0, 0.05) is 12.6 Å². The summed E-state index contributed by atoms with van der Waals surface area (Å²) >= 11 is 0. The molecule has 1 fully saturated rings. The Morgan fingerprint density at radius 1 is 1.00 bits per heavy atom. The second kappa shape index (κ2) is 8.38. The summed E-state index contributed by atoms with van der Waals surface area (Å²) in [6, 6.07) is 0.537. The summed E-state index contributed by atoms with van der Waals surface area (Å²) in [6.07, 6.45) is 10.3. The number of hydrogen-bond acceptors (Lipinski definition) is 2. The number of unbranched alkanes of at least 4 members (excludes halogenated alkanes) is 2. The van der Waals surface area contributed by atoms with Crippen LogP contribution in [0.2, 0.25) is 0 Å². The molecule has 2 nitrogen and oxygen atoms in total. The Bertz CT molecular complexity index is 252. The Kier molecular flexibility index (Phi) is 7.53. The summed E-state index contributed by atoms with van der Waals surface area (Å²) < 4.78 is 6.35. The minimum Gasteiger partial charge on any atom is -0.374 e. The minimum absolute atomic E-state index is 0.0913. The van der Waals surface area contributed by atoms with Crippen molar-refractivity contribution in [3.63, 3.8) is 0 Å². The standard InChI is InChI=1S/C18H37NO/c1-6-9-10-11-16(19-7-2)18(20-8-3)14-12-17(4,5)13-15-18/h16,19H,6-15H2,1-5H3. The lowest BCUT2D eigenvalue weighted by Gasteiger charge is -2.48. The molecule has 1 atom stereocenters. The molecule has 0 aliphatic heterocycles. The Balaban J connectivity index is 2.73. The summed E-state index contributed by atoms with van der Waals surface area (Å²) in [5, 5.41) is 3.74. The molecule has 1 N–H and O–H groups in total. The summed E-state index contributed by atoms with van der Waals surface area (Å²) in [7, 11) is 0. The van der Waals surface area contributed by atoms with Crippen molar-refractivity contribution >= 4 is 0 Å². The van der Waals surface area contributed by atoms with Crippen LogP contribution in [-0.2, 0) is 4.74 Å². The van der Waals surface area contributed by atoms with E-state index in [2.05, 4.69) is 39.9 Å². The van der Waals surface area contributed by atoms with Gasteiger partial charge >= 0.3 is 0 Å². The highest BCUT2D eigenvalue weighted by Crippen LogP contribution is 2.44. The lowest BCUT2D eigenvalue weighted by Crippen LogP contribution is -2.55. The van der Waals surface area contributed by atoms with Crippen LogP contribution in [0.15, 0.2) is 0 Å². The van der Waals surface area contributed by atoms with Gasteiger partial charge in [-0.3, -0.25) is 0 Å². The summed E-state index contributed by atoms with van der Waals surface area (Å²) in [6.45, 7) is 13.4. The van der Waals surface area contributed by atoms with Crippen molar-refractivity contribution in [3.8, 4) is 0 Å². The Morgan fingerprint density at radius 3 is 2.15 bits per heavy atom. The van der Waals surface area contributed by atoms with Crippen LogP contribution in [0.5, 0.6) is 0 Å². The van der Waals surface area contributed by atoms with Crippen molar-refractivity contribution < 1.29 is 4.74 Å². The van der Waals surface area contributed by atoms with Crippen LogP contribution in [0, 0.1) is 5.41 Å². The zero-order valence-electron chi connectivity index (χ0n) is 14.6. The van der Waals surface area contributed by atoms with Crippen LogP contribution in [0.25, 0.3) is 0 Å². The maximum Gasteiger partial charge on any atom is 0.0834 e. The van der Waals surface area contributed by atoms with Crippen LogP contribution >= 0.6 is 0 Å². The molecule has 0 saturated heterocycles. The minimum atomic E-state index is 0.0913. The normalized spacial score (nSPS) is 22.6. The van der Waals surface area contributed by atoms with E-state index < -0.39 is 0 Å². The molecule has 1 saturated carbocycles. The zero-order chi connectivity index (χ0) is 15.1. The van der Waals surface area contributed by atoms with E-state index in [-0.39, 0.29) is 5.60 Å². The fourth-order valence-electron chi connectivity index (χ4n) is 3.63. The maximum atomic E-state index is 6.35. The number of likely N-dealkylation sites (N-methyl/N-ethyl adjacent to an activating group) is 1. The van der Waals surface area contributed by atoms with Gasteiger partial charge in [0.05, 0.1) is 5.60 Å². The van der Waals surface area contributed by atoms with Gasteiger partial charge in [0.15, 0.2) is 0 Å². The quantitative estimate of drug-likeness (QED) is 0.606. The average Bonchev–Trinajstić information content (AvgIpc) is 2.41. The third-order valence-corrected chi connectivity index (χ3v) is 5.06. The molecule has 1 unspecified atom stereocenters. The molecule has 0 aromatic rings. The number of hydrogen-bond donors (Lipinski definition) is 1. The monoisotopic (exact) mass is 283 g/mol. The first-order valence-corrected chi connectivity index (χ1v) is 8.87. The van der Waals surface area contributed by atoms with E-state index in [1.807, 2.05) is 0 Å². The van der Waals surface area contributed by atoms with Crippen molar-refractivity contribution in [2.75, 3.05) is 13.2 Å². The van der Waals surface area contributed by atoms with Gasteiger partial charge in [-0.25, -0.2) is 0 Å². The van der Waals surface area contributed by atoms with Crippen molar-refractivity contribution in [1.29, 1.82) is 0 Å². The lowest BCUT2D eigenvalue weighted by molar-refractivity contribution is -0.108. The van der Waals surface area contributed by atoms with Gasteiger partial charge in [0.1, 0.15) is 0 Å². The first-order valence-electron chi connectivity index (χ1n) is 8.87. The molecule has 0 aromatic heterocycles. The highest BCUT2D eigenvalue weighted by Gasteiger charge is 2.44. The number of nitrogens with one attached hydrogen (secondary N) is 1. The average molecular weight is 284 g/mol. The van der Waals surface area contributed by atoms with Crippen molar-refractivity contribution in [3.05, 3.63) is 0 Å². The zero-order valence-corrected chi connectivity index (χ0v) is 14.6. The fourth-order valence-corrected chi connectivity index (χ4v) is 3.63. The van der Waals surface area contributed by atoms with Crippen molar-refractivity contribution in [2.45, 2.75) is 97.6 Å². The summed E-state index contributed by atoms with van der Waals surface area (Å²) in [5.74, 6) is 0. The van der Waals surface area contributed by atoms with Crippen LogP contribution < -0.4 is 5.32 Å². The van der Waals surface area contributed by atoms with E-state index in [9.17, 15) is 0 Å². The number of ether oxygens (including phenoxy) is 1. The second-order valence-electron chi connectivity index (χ2n) is 7.27. The van der Waals surface area contributed by atoms with Gasteiger partial charge < -0.3 is 10.1 Å². The molecule has 0 aromatic carbocycles. The van der Waals surface area contributed by atoms with E-state index in [4.69, 9.17) is 4.74 Å². The van der Waals surface area contributed by atoms with Crippen molar-refractivity contribution in [1.82, 2.24) is 5.32 Å². The van der Waals surface area contributed by atoms with E-state index in [0.29, 0.717) is 11.5 Å². The first-order chi connectivity index (χ1) is 9.49. The topological polar surface area (TPSA) is 21.3 Å². The largest absolute Gasteiger partial charge is 0.374 e. The van der Waals surface area contributed by atoms with Crippen LogP contribution in [-0.4, -0.2) is 24.8 Å². The van der Waals surface area contributed by atoms with Gasteiger partial charge in [0.2, 0.25) is 0 Å². The fraction of sp³-hybridized carbons (Fsp3) is 1.00. The smallest absolute Gasteiger partial charge is 0.0834 e. The molecule has 2 heteroatoms. The highest BCUT2D eigenvalue weighted by atomic mass is 16.5. The summed E-state index contributed by atoms with van der Waals surface area (Å²) in [4.78, 5) is 0. The Hall–Kier alpha value is -0.0800. The Labute approximate surface area is 127 Å². The third kappa shape index (κ3) is 5.04. The van der Waals surface area contributed by atoms with Gasteiger partial charge in [-0.05, 0) is 51.0 Å². The van der Waals surface area contributed by atoms with E-state index >= 15 is 0 Å². The van der Waals surface area contributed by atoms with Gasteiger partial charge in [-0.15, -0.1) is 0 Å². The van der Waals surface area contributed by atoms with Crippen LogP contribution in [0.3, 0.4) is 0 Å². The van der Waals surface area contributed by atoms with Gasteiger partial charge in [-0.1, -0.05) is 47.0 Å². The Morgan fingerprint density at radius 2 is 1.65 bits per heavy atom. The third-order valence-electron chi connectivity index (χ3n) is 5.06. The lowest BCUT2D eigenvalue weighted by atomic mass is 9.67. The van der Waals surface area contributed by atoms with Crippen LogP contribution in [0.1, 0.15) is 86.0 Å². The van der Waals surface area contributed by atoms with E-state index in [1.54, 1.807) is 0 Å². The van der Waals surface area contributed by atoms with Crippen molar-refractivity contribution in [2.24, 2.45) is 5.41 Å². The molecular formula is C18H37NO. The molecule has 1 aliphatic carbocycles. The highest BCUT2D eigenvalue weighted by molar-refractivity contribution is 4.98. The van der Waals surface area contributed by atoms with Gasteiger partial charge in [0.25, 0.3) is 0 Å². The molecule has 1 rings (SSSR count). The molecule has 0 radical (unpaired) electrons. The van der Waals surface area contributed by atoms with Gasteiger partial charge in [-0.2, -0.15) is 0 Å². The molecule has 0 amide bonds. The maximum absolute atomic E-state index is 6.35. The molecule has 120 valence electrons. The van der Waals surface area contributed by atoms with Crippen LogP contribution in [0.4, 0.5) is 0 Å². The molecule has 0 bridgehead atoms. The SMILES string of the molecule is CCCCCC(NCC)C1(OCC)CCC(C)(C)CC1. The number of rotatable bonds is 9. The molecule has 0 spiro atoms. The molecular weight excluding hydrogens is 246 g/mol. The van der Waals surface area contributed by atoms with E-state index in [0.717, 1.165) is 13.2 Å². The summed E-state index contributed by atoms with van der Waals surface area (Å²) in [5.41, 5.74) is 0.592.